The predicted octanol–water partition coefficient (Wildman–Crippen LogP) is 0.696. The molecule has 8 heteroatoms. The Bertz CT molecular complexity index is 686. The van der Waals surface area contributed by atoms with E-state index in [1.54, 1.807) is 17.5 Å². The Balaban J connectivity index is 2.05. The Morgan fingerprint density at radius 3 is 2.44 bits per heavy atom. The van der Waals surface area contributed by atoms with Crippen molar-refractivity contribution in [3.05, 3.63) is 45.0 Å². The summed E-state index contributed by atoms with van der Waals surface area (Å²) in [4.78, 5) is 13.5. The molecule has 1 aromatic heterocycles. The molecule has 0 saturated carbocycles. The number of benzene rings is 1. The third-order valence-corrected chi connectivity index (χ3v) is 3.88. The predicted molar refractivity (Wildman–Crippen MR) is 70.1 cm³/mol. The first-order valence-corrected chi connectivity index (χ1v) is 7.41. The highest BCUT2D eigenvalue weighted by Gasteiger charge is 2.06. The maximum Gasteiger partial charge on any atom is 0.304 e. The van der Waals surface area contributed by atoms with Crippen LogP contribution >= 0.6 is 11.3 Å². The van der Waals surface area contributed by atoms with Crippen LogP contribution in [-0.4, -0.2) is 13.4 Å². The molecule has 0 unspecified atom stereocenters. The van der Waals surface area contributed by atoms with Crippen molar-refractivity contribution in [2.45, 2.75) is 11.4 Å². The third kappa shape index (κ3) is 3.19. The van der Waals surface area contributed by atoms with Crippen molar-refractivity contribution < 1.29 is 8.42 Å². The first-order valence-electron chi connectivity index (χ1n) is 4.98. The van der Waals surface area contributed by atoms with Gasteiger partial charge in [0.15, 0.2) is 0 Å². The van der Waals surface area contributed by atoms with Crippen molar-refractivity contribution >= 4 is 27.0 Å². The van der Waals surface area contributed by atoms with E-state index in [0.717, 1.165) is 22.7 Å². The van der Waals surface area contributed by atoms with E-state index in [4.69, 9.17) is 5.14 Å². The minimum atomic E-state index is -3.66. The van der Waals surface area contributed by atoms with E-state index >= 15 is 0 Å². The summed E-state index contributed by atoms with van der Waals surface area (Å²) in [5.74, 6) is 0. The fourth-order valence-electron chi connectivity index (χ4n) is 1.36. The lowest BCUT2D eigenvalue weighted by Gasteiger charge is -2.05. The van der Waals surface area contributed by atoms with Crippen LogP contribution in [0.25, 0.3) is 0 Å². The van der Waals surface area contributed by atoms with Crippen LogP contribution in [0, 0.1) is 0 Å². The normalized spacial score (nSPS) is 11.4. The van der Waals surface area contributed by atoms with Gasteiger partial charge in [-0.15, -0.1) is 0 Å². The zero-order valence-corrected chi connectivity index (χ0v) is 10.8. The van der Waals surface area contributed by atoms with E-state index in [9.17, 15) is 13.2 Å². The van der Waals surface area contributed by atoms with Crippen LogP contribution in [0.1, 0.15) is 5.69 Å². The van der Waals surface area contributed by atoms with Gasteiger partial charge in [0.05, 0.1) is 11.4 Å². The number of thiazole rings is 1. The zero-order valence-electron chi connectivity index (χ0n) is 9.21. The molecule has 0 spiro atoms. The summed E-state index contributed by atoms with van der Waals surface area (Å²) < 4.78 is 22.1. The van der Waals surface area contributed by atoms with E-state index in [0.29, 0.717) is 6.54 Å². The Labute approximate surface area is 108 Å². The number of primary sulfonamides is 1. The van der Waals surface area contributed by atoms with E-state index in [2.05, 4.69) is 10.3 Å². The number of rotatable bonds is 4. The number of nitrogens with two attached hydrogens (primary N) is 1. The first kappa shape index (κ1) is 12.8. The van der Waals surface area contributed by atoms with Crippen molar-refractivity contribution in [1.82, 2.24) is 4.98 Å². The molecule has 0 atom stereocenters. The van der Waals surface area contributed by atoms with Gasteiger partial charge in [-0.1, -0.05) is 11.3 Å². The van der Waals surface area contributed by atoms with Gasteiger partial charge in [0.2, 0.25) is 10.0 Å². The largest absolute Gasteiger partial charge is 0.379 e. The van der Waals surface area contributed by atoms with E-state index in [1.165, 1.54) is 12.1 Å². The maximum atomic E-state index is 11.0. The fourth-order valence-corrected chi connectivity index (χ4v) is 2.46. The van der Waals surface area contributed by atoms with Gasteiger partial charge < -0.3 is 10.3 Å². The number of hydrogen-bond donors (Lipinski definition) is 3. The smallest absolute Gasteiger partial charge is 0.304 e. The molecular weight excluding hydrogens is 274 g/mol. The van der Waals surface area contributed by atoms with Crippen molar-refractivity contribution in [3.63, 3.8) is 0 Å². The summed E-state index contributed by atoms with van der Waals surface area (Å²) >= 11 is 1.10. The lowest BCUT2D eigenvalue weighted by molar-refractivity contribution is 0.598. The van der Waals surface area contributed by atoms with E-state index < -0.39 is 10.0 Å². The van der Waals surface area contributed by atoms with Crippen LogP contribution < -0.4 is 15.3 Å². The van der Waals surface area contributed by atoms with Gasteiger partial charge in [-0.2, -0.15) is 0 Å². The molecule has 0 aliphatic carbocycles. The second kappa shape index (κ2) is 4.92. The van der Waals surface area contributed by atoms with Gasteiger partial charge in [0, 0.05) is 16.8 Å². The second-order valence-corrected chi connectivity index (χ2v) is 6.00. The van der Waals surface area contributed by atoms with Crippen LogP contribution in [0.5, 0.6) is 0 Å². The van der Waals surface area contributed by atoms with Crippen molar-refractivity contribution in [2.24, 2.45) is 5.14 Å². The first-order chi connectivity index (χ1) is 8.45. The van der Waals surface area contributed by atoms with Crippen LogP contribution in [0.2, 0.25) is 0 Å². The summed E-state index contributed by atoms with van der Waals surface area (Å²) in [6, 6.07) is 6.08. The van der Waals surface area contributed by atoms with Crippen LogP contribution in [0.15, 0.2) is 39.3 Å². The summed E-state index contributed by atoms with van der Waals surface area (Å²) in [5.41, 5.74) is 1.52. The van der Waals surface area contributed by atoms with Crippen LogP contribution in [0.3, 0.4) is 0 Å². The number of anilines is 1. The number of aromatic amines is 1. The Kier molecular flexibility index (Phi) is 3.50. The summed E-state index contributed by atoms with van der Waals surface area (Å²) in [7, 11) is -3.66. The number of aromatic nitrogens is 1. The number of hydrogen-bond acceptors (Lipinski definition) is 5. The van der Waals surface area contributed by atoms with Gasteiger partial charge in [0.25, 0.3) is 0 Å². The molecule has 0 saturated heterocycles. The molecule has 2 rings (SSSR count). The second-order valence-electron chi connectivity index (χ2n) is 3.60. The molecule has 1 aromatic carbocycles. The molecule has 0 aliphatic heterocycles. The maximum absolute atomic E-state index is 11.0. The van der Waals surface area contributed by atoms with Crippen LogP contribution in [-0.2, 0) is 16.6 Å². The molecule has 0 bridgehead atoms. The third-order valence-electron chi connectivity index (χ3n) is 2.24. The summed E-state index contributed by atoms with van der Waals surface area (Å²) in [6.45, 7) is 0.466. The van der Waals surface area contributed by atoms with Gasteiger partial charge in [-0.05, 0) is 24.3 Å². The standard InChI is InChI=1S/C10H11N3O3S2/c11-18(15,16)9-3-1-7(2-4-9)12-5-8-6-17-10(14)13-8/h1-4,6,12H,5H2,(H,13,14)(H2,11,15,16). The molecule has 96 valence electrons. The van der Waals surface area contributed by atoms with Crippen molar-refractivity contribution in [3.8, 4) is 0 Å². The van der Waals surface area contributed by atoms with Gasteiger partial charge in [-0.25, -0.2) is 13.6 Å². The molecule has 0 aliphatic rings. The highest BCUT2D eigenvalue weighted by Crippen LogP contribution is 2.13. The van der Waals surface area contributed by atoms with Gasteiger partial charge in [0.1, 0.15) is 0 Å². The average molecular weight is 285 g/mol. The van der Waals surface area contributed by atoms with Crippen molar-refractivity contribution in [1.29, 1.82) is 0 Å². The molecule has 18 heavy (non-hydrogen) atoms. The minimum absolute atomic E-state index is 0.0667. The molecule has 4 N–H and O–H groups in total. The fraction of sp³-hybridized carbons (Fsp3) is 0.100. The summed E-state index contributed by atoms with van der Waals surface area (Å²) in [6.07, 6.45) is 0. The van der Waals surface area contributed by atoms with Gasteiger partial charge >= 0.3 is 4.87 Å². The molecule has 0 fully saturated rings. The lowest BCUT2D eigenvalue weighted by Crippen LogP contribution is -2.12. The topological polar surface area (TPSA) is 105 Å². The Morgan fingerprint density at radius 2 is 1.94 bits per heavy atom. The molecule has 2 aromatic rings. The molecule has 0 amide bonds. The lowest BCUT2D eigenvalue weighted by atomic mass is 10.3. The number of sulfonamides is 1. The van der Waals surface area contributed by atoms with Gasteiger partial charge in [-0.3, -0.25) is 4.79 Å². The number of H-pyrrole nitrogens is 1. The molecular formula is C10H11N3O3S2. The zero-order chi connectivity index (χ0) is 13.2. The van der Waals surface area contributed by atoms with E-state index in [1.807, 2.05) is 0 Å². The van der Waals surface area contributed by atoms with E-state index in [-0.39, 0.29) is 9.77 Å². The highest BCUT2D eigenvalue weighted by atomic mass is 32.2. The highest BCUT2D eigenvalue weighted by molar-refractivity contribution is 7.89. The Morgan fingerprint density at radius 1 is 1.28 bits per heavy atom. The quantitative estimate of drug-likeness (QED) is 0.768. The van der Waals surface area contributed by atoms with Crippen LogP contribution in [0.4, 0.5) is 5.69 Å². The minimum Gasteiger partial charge on any atom is -0.379 e. The molecule has 0 radical (unpaired) electrons. The Hall–Kier alpha value is -1.64. The SMILES string of the molecule is NS(=O)(=O)c1ccc(NCc2csc(=O)[nH]2)cc1. The monoisotopic (exact) mass is 285 g/mol. The average Bonchev–Trinajstić information content (AvgIpc) is 2.72. The number of nitrogens with one attached hydrogen (secondary N) is 2. The summed E-state index contributed by atoms with van der Waals surface area (Å²) in [5, 5.41) is 9.77. The van der Waals surface area contributed by atoms with Crippen molar-refractivity contribution in [2.75, 3.05) is 5.32 Å². The molecule has 1 heterocycles. The molecule has 6 nitrogen and oxygen atoms in total.